The maximum Gasteiger partial charge on any atom is 0.325 e. The quantitative estimate of drug-likeness (QED) is 0.527. The van der Waals surface area contributed by atoms with Crippen molar-refractivity contribution in [3.63, 3.8) is 0 Å². The summed E-state index contributed by atoms with van der Waals surface area (Å²) in [6.07, 6.45) is 0. The van der Waals surface area contributed by atoms with Gasteiger partial charge in [0.1, 0.15) is 13.2 Å². The lowest BCUT2D eigenvalue weighted by Gasteiger charge is -2.18. The zero-order chi connectivity index (χ0) is 23.0. The van der Waals surface area contributed by atoms with E-state index in [1.54, 1.807) is 26.0 Å². The molecule has 166 valence electrons. The van der Waals surface area contributed by atoms with E-state index in [4.69, 9.17) is 10.5 Å². The minimum atomic E-state index is -3.61. The molecule has 0 aromatic heterocycles. The Hall–Kier alpha value is -3.24. The van der Waals surface area contributed by atoms with E-state index in [9.17, 15) is 22.8 Å². The van der Waals surface area contributed by atoms with Gasteiger partial charge < -0.3 is 15.8 Å². The molecule has 0 atom stereocenters. The predicted octanol–water partition coefficient (Wildman–Crippen LogP) is 1.29. The maximum atomic E-state index is 12.5. The fourth-order valence-electron chi connectivity index (χ4n) is 2.73. The van der Waals surface area contributed by atoms with Crippen molar-refractivity contribution in [2.75, 3.05) is 19.6 Å². The molecule has 2 rings (SSSR count). The normalized spacial score (nSPS) is 11.2. The second-order valence-corrected chi connectivity index (χ2v) is 8.46. The molecular formula is C21H25N3O6S. The fraction of sp³-hybridized carbons (Fsp3) is 0.286. The molecule has 0 saturated heterocycles. The van der Waals surface area contributed by atoms with E-state index in [1.165, 1.54) is 40.7 Å². The van der Waals surface area contributed by atoms with Crippen LogP contribution in [-0.4, -0.2) is 50.1 Å². The third-order valence-corrected chi connectivity index (χ3v) is 6.56. The van der Waals surface area contributed by atoms with Crippen LogP contribution in [0.5, 0.6) is 0 Å². The van der Waals surface area contributed by atoms with Crippen molar-refractivity contribution in [1.82, 2.24) is 9.62 Å². The number of rotatable bonds is 10. The Morgan fingerprint density at radius 2 is 1.48 bits per heavy atom. The number of sulfonamides is 1. The number of primary amides is 1. The number of amides is 2. The van der Waals surface area contributed by atoms with E-state index in [0.29, 0.717) is 24.2 Å². The van der Waals surface area contributed by atoms with E-state index < -0.39 is 27.8 Å². The highest BCUT2D eigenvalue weighted by Gasteiger charge is 2.21. The summed E-state index contributed by atoms with van der Waals surface area (Å²) < 4.78 is 31.3. The molecule has 2 amide bonds. The summed E-state index contributed by atoms with van der Waals surface area (Å²) in [5.41, 5.74) is 6.38. The second kappa shape index (κ2) is 10.7. The van der Waals surface area contributed by atoms with Crippen LogP contribution in [0.4, 0.5) is 0 Å². The van der Waals surface area contributed by atoms with Crippen LogP contribution in [0, 0.1) is 0 Å². The van der Waals surface area contributed by atoms with Crippen LogP contribution in [0.15, 0.2) is 53.4 Å². The third kappa shape index (κ3) is 6.37. The molecule has 3 N–H and O–H groups in total. The molecular weight excluding hydrogens is 422 g/mol. The van der Waals surface area contributed by atoms with Crippen LogP contribution in [-0.2, 0) is 26.2 Å². The minimum absolute atomic E-state index is 0.0222. The molecule has 31 heavy (non-hydrogen) atoms. The van der Waals surface area contributed by atoms with Gasteiger partial charge in [-0.25, -0.2) is 8.42 Å². The van der Waals surface area contributed by atoms with Crippen LogP contribution < -0.4 is 11.1 Å². The maximum absolute atomic E-state index is 12.5. The van der Waals surface area contributed by atoms with Crippen LogP contribution >= 0.6 is 0 Å². The summed E-state index contributed by atoms with van der Waals surface area (Å²) in [5, 5.41) is 2.43. The van der Waals surface area contributed by atoms with Crippen LogP contribution in [0.1, 0.15) is 40.1 Å². The first-order chi connectivity index (χ1) is 14.7. The predicted molar refractivity (Wildman–Crippen MR) is 114 cm³/mol. The molecule has 0 radical (unpaired) electrons. The van der Waals surface area contributed by atoms with Gasteiger partial charge in [0.15, 0.2) is 0 Å². The zero-order valence-electron chi connectivity index (χ0n) is 17.3. The van der Waals surface area contributed by atoms with Gasteiger partial charge in [-0.1, -0.05) is 26.0 Å². The van der Waals surface area contributed by atoms with Crippen molar-refractivity contribution < 1.29 is 27.5 Å². The fourth-order valence-corrected chi connectivity index (χ4v) is 4.18. The number of benzene rings is 2. The summed E-state index contributed by atoms with van der Waals surface area (Å²) in [5.74, 6) is -1.73. The molecule has 0 unspecified atom stereocenters. The third-order valence-electron chi connectivity index (χ3n) is 4.49. The van der Waals surface area contributed by atoms with Gasteiger partial charge in [-0.05, 0) is 42.0 Å². The van der Waals surface area contributed by atoms with Crippen molar-refractivity contribution in [2.45, 2.75) is 25.3 Å². The van der Waals surface area contributed by atoms with Crippen molar-refractivity contribution in [2.24, 2.45) is 5.73 Å². The number of hydrogen-bond donors (Lipinski definition) is 2. The zero-order valence-corrected chi connectivity index (χ0v) is 18.1. The Labute approximate surface area is 181 Å². The van der Waals surface area contributed by atoms with Crippen molar-refractivity contribution in [1.29, 1.82) is 0 Å². The van der Waals surface area contributed by atoms with Gasteiger partial charge in [0, 0.05) is 24.2 Å². The number of nitrogens with zero attached hydrogens (tertiary/aromatic N) is 1. The van der Waals surface area contributed by atoms with Gasteiger partial charge in [0.2, 0.25) is 15.9 Å². The average Bonchev–Trinajstić information content (AvgIpc) is 2.77. The average molecular weight is 448 g/mol. The summed E-state index contributed by atoms with van der Waals surface area (Å²) in [6, 6.07) is 11.8. The number of nitrogens with two attached hydrogens (primary N) is 1. The molecule has 9 nitrogen and oxygen atoms in total. The lowest BCUT2D eigenvalue weighted by atomic mass is 10.1. The highest BCUT2D eigenvalue weighted by molar-refractivity contribution is 7.89. The topological polar surface area (TPSA) is 136 Å². The van der Waals surface area contributed by atoms with Crippen LogP contribution in [0.25, 0.3) is 0 Å². The highest BCUT2D eigenvalue weighted by atomic mass is 32.2. The molecule has 0 fully saturated rings. The van der Waals surface area contributed by atoms with Crippen molar-refractivity contribution in [3.05, 3.63) is 65.2 Å². The number of ether oxygens (including phenoxy) is 1. The first-order valence-corrected chi connectivity index (χ1v) is 11.1. The van der Waals surface area contributed by atoms with E-state index in [0.717, 1.165) is 0 Å². The summed E-state index contributed by atoms with van der Waals surface area (Å²) in [4.78, 5) is 35.2. The SMILES string of the molecule is CCN(CC)S(=O)(=O)c1ccc(C(=O)NCC(=O)OCc2ccc(C(N)=O)cc2)cc1. The molecule has 0 bridgehead atoms. The number of carbonyl (C=O) groups is 3. The standard InChI is InChI=1S/C21H25N3O6S/c1-3-24(4-2)31(28,29)18-11-9-17(10-12-18)21(27)23-13-19(25)30-14-15-5-7-16(8-6-15)20(22)26/h5-12H,3-4,13-14H2,1-2H3,(H2,22,26)(H,23,27). The Morgan fingerprint density at radius 1 is 0.935 bits per heavy atom. The molecule has 0 aliphatic heterocycles. The van der Waals surface area contributed by atoms with Crippen LogP contribution in [0.2, 0.25) is 0 Å². The van der Waals surface area contributed by atoms with Gasteiger partial charge in [0.25, 0.3) is 5.91 Å². The van der Waals surface area contributed by atoms with Gasteiger partial charge in [0.05, 0.1) is 4.90 Å². The second-order valence-electron chi connectivity index (χ2n) is 6.52. The van der Waals surface area contributed by atoms with Gasteiger partial charge in [-0.3, -0.25) is 14.4 Å². The van der Waals surface area contributed by atoms with Gasteiger partial charge >= 0.3 is 5.97 Å². The Bertz CT molecular complexity index is 1030. The first kappa shape index (κ1) is 24.0. The van der Waals surface area contributed by atoms with Crippen molar-refractivity contribution in [3.8, 4) is 0 Å². The molecule has 2 aromatic rings. The first-order valence-electron chi connectivity index (χ1n) is 9.61. The highest BCUT2D eigenvalue weighted by Crippen LogP contribution is 2.16. The van der Waals surface area contributed by atoms with Gasteiger partial charge in [-0.2, -0.15) is 4.31 Å². The largest absolute Gasteiger partial charge is 0.460 e. The number of esters is 1. The Morgan fingerprint density at radius 3 is 2.00 bits per heavy atom. The Kier molecular flexibility index (Phi) is 8.29. The minimum Gasteiger partial charge on any atom is -0.460 e. The van der Waals surface area contributed by atoms with E-state index >= 15 is 0 Å². The molecule has 2 aromatic carbocycles. The molecule has 0 spiro atoms. The summed E-state index contributed by atoms with van der Waals surface area (Å²) in [6.45, 7) is 3.82. The molecule has 0 heterocycles. The summed E-state index contributed by atoms with van der Waals surface area (Å²) in [7, 11) is -3.61. The van der Waals surface area contributed by atoms with E-state index in [1.807, 2.05) is 0 Å². The van der Waals surface area contributed by atoms with E-state index in [-0.39, 0.29) is 23.6 Å². The molecule has 0 aliphatic carbocycles. The van der Waals surface area contributed by atoms with Crippen LogP contribution in [0.3, 0.4) is 0 Å². The van der Waals surface area contributed by atoms with Crippen molar-refractivity contribution >= 4 is 27.8 Å². The summed E-state index contributed by atoms with van der Waals surface area (Å²) >= 11 is 0. The lowest BCUT2D eigenvalue weighted by Crippen LogP contribution is -2.31. The number of nitrogens with one attached hydrogen (secondary N) is 1. The monoisotopic (exact) mass is 447 g/mol. The lowest BCUT2D eigenvalue weighted by molar-refractivity contribution is -0.143. The number of carbonyl (C=O) groups excluding carboxylic acids is 3. The molecule has 0 saturated carbocycles. The van der Waals surface area contributed by atoms with Gasteiger partial charge in [-0.15, -0.1) is 0 Å². The van der Waals surface area contributed by atoms with E-state index in [2.05, 4.69) is 5.32 Å². The Balaban J connectivity index is 1.87. The molecule has 10 heteroatoms. The molecule has 0 aliphatic rings. The smallest absolute Gasteiger partial charge is 0.325 e. The number of hydrogen-bond acceptors (Lipinski definition) is 6.